The molecule has 0 aliphatic carbocycles. The average Bonchev–Trinajstić information content (AvgIpc) is 2.53. The van der Waals surface area contributed by atoms with Crippen molar-refractivity contribution in [3.05, 3.63) is 65.5 Å². The number of aromatic nitrogens is 1. The van der Waals surface area contributed by atoms with Crippen molar-refractivity contribution in [2.75, 3.05) is 0 Å². The lowest BCUT2D eigenvalue weighted by atomic mass is 10.00. The molecule has 0 radical (unpaired) electrons. The van der Waals surface area contributed by atoms with Gasteiger partial charge in [-0.2, -0.15) is 0 Å². The Hall–Kier alpha value is -1.67. The Morgan fingerprint density at radius 2 is 1.60 bits per heavy atom. The minimum Gasteiger partial charge on any atom is -0.303 e. The van der Waals surface area contributed by atoms with Crippen LogP contribution in [0.1, 0.15) is 56.0 Å². The van der Waals surface area contributed by atoms with Gasteiger partial charge in [0.15, 0.2) is 0 Å². The van der Waals surface area contributed by atoms with Crippen LogP contribution in [0.3, 0.4) is 0 Å². The molecule has 0 bridgehead atoms. The summed E-state index contributed by atoms with van der Waals surface area (Å²) in [5.74, 6) is 0. The number of hydrogen-bond acceptors (Lipinski definition) is 2. The van der Waals surface area contributed by atoms with Crippen LogP contribution in [0.25, 0.3) is 0 Å². The van der Waals surface area contributed by atoms with Gasteiger partial charge < -0.3 is 5.32 Å². The maximum Gasteiger partial charge on any atom is 0.0323 e. The first-order valence-electron chi connectivity index (χ1n) is 7.49. The Balaban J connectivity index is 2.08. The van der Waals surface area contributed by atoms with E-state index in [4.69, 9.17) is 0 Å². The van der Waals surface area contributed by atoms with Gasteiger partial charge >= 0.3 is 0 Å². The summed E-state index contributed by atoms with van der Waals surface area (Å²) in [5, 5.41) is 3.71. The summed E-state index contributed by atoms with van der Waals surface area (Å²) in [6.45, 7) is 6.62. The lowest BCUT2D eigenvalue weighted by Gasteiger charge is -2.23. The monoisotopic (exact) mass is 268 g/mol. The van der Waals surface area contributed by atoms with Crippen molar-refractivity contribution in [2.45, 2.75) is 45.7 Å². The first kappa shape index (κ1) is 14.7. The van der Waals surface area contributed by atoms with Crippen LogP contribution in [0.15, 0.2) is 48.8 Å². The number of nitrogens with one attached hydrogen (secondary N) is 1. The highest BCUT2D eigenvalue weighted by Crippen LogP contribution is 2.22. The molecule has 20 heavy (non-hydrogen) atoms. The van der Waals surface area contributed by atoms with E-state index in [1.807, 2.05) is 12.4 Å². The highest BCUT2D eigenvalue weighted by Gasteiger charge is 2.13. The zero-order valence-electron chi connectivity index (χ0n) is 12.6. The third-order valence-electron chi connectivity index (χ3n) is 3.86. The van der Waals surface area contributed by atoms with Gasteiger partial charge in [-0.25, -0.2) is 0 Å². The number of rotatable bonds is 6. The Bertz CT molecular complexity index is 505. The molecule has 0 aliphatic rings. The van der Waals surface area contributed by atoms with Gasteiger partial charge in [-0.15, -0.1) is 0 Å². The van der Waals surface area contributed by atoms with Crippen molar-refractivity contribution in [1.29, 1.82) is 0 Å². The Kier molecular flexibility index (Phi) is 5.31. The van der Waals surface area contributed by atoms with Gasteiger partial charge in [0.25, 0.3) is 0 Å². The van der Waals surface area contributed by atoms with Crippen LogP contribution in [0, 0.1) is 0 Å². The summed E-state index contributed by atoms with van der Waals surface area (Å²) in [6, 6.07) is 13.8. The summed E-state index contributed by atoms with van der Waals surface area (Å²) in [4.78, 5) is 4.08. The van der Waals surface area contributed by atoms with E-state index in [9.17, 15) is 0 Å². The third-order valence-corrected chi connectivity index (χ3v) is 3.86. The fourth-order valence-electron chi connectivity index (χ4n) is 2.49. The summed E-state index contributed by atoms with van der Waals surface area (Å²) in [6.07, 6.45) is 5.88. The molecule has 0 spiro atoms. The molecule has 2 aromatic rings. The quantitative estimate of drug-likeness (QED) is 0.837. The van der Waals surface area contributed by atoms with E-state index in [0.29, 0.717) is 12.1 Å². The normalized spacial score (nSPS) is 13.9. The maximum atomic E-state index is 4.08. The van der Waals surface area contributed by atoms with Crippen LogP contribution in [-0.4, -0.2) is 4.98 Å². The topological polar surface area (TPSA) is 24.9 Å². The lowest BCUT2D eigenvalue weighted by molar-refractivity contribution is 0.456. The van der Waals surface area contributed by atoms with Crippen molar-refractivity contribution in [2.24, 2.45) is 0 Å². The number of hydrogen-bond donors (Lipinski definition) is 1. The van der Waals surface area contributed by atoms with Gasteiger partial charge in [0.1, 0.15) is 0 Å². The highest BCUT2D eigenvalue weighted by molar-refractivity contribution is 5.25. The number of benzene rings is 1. The molecule has 0 aliphatic heterocycles. The second-order valence-corrected chi connectivity index (χ2v) is 5.22. The Morgan fingerprint density at radius 3 is 2.15 bits per heavy atom. The van der Waals surface area contributed by atoms with E-state index >= 15 is 0 Å². The highest BCUT2D eigenvalue weighted by atomic mass is 14.9. The molecule has 1 aromatic carbocycles. The Labute approximate surface area is 122 Å². The van der Waals surface area contributed by atoms with E-state index in [2.05, 4.69) is 67.5 Å². The molecule has 2 atom stereocenters. The van der Waals surface area contributed by atoms with Gasteiger partial charge in [-0.05, 0) is 48.6 Å². The summed E-state index contributed by atoms with van der Waals surface area (Å²) in [7, 11) is 0. The fourth-order valence-corrected chi connectivity index (χ4v) is 2.49. The molecular weight excluding hydrogens is 244 g/mol. The van der Waals surface area contributed by atoms with Gasteiger partial charge in [0.05, 0.1) is 0 Å². The van der Waals surface area contributed by atoms with Crippen molar-refractivity contribution in [3.8, 4) is 0 Å². The van der Waals surface area contributed by atoms with E-state index in [1.54, 1.807) is 0 Å². The van der Waals surface area contributed by atoms with E-state index in [-0.39, 0.29) is 0 Å². The molecule has 0 saturated heterocycles. The molecule has 0 fully saturated rings. The first-order valence-corrected chi connectivity index (χ1v) is 7.49. The predicted molar refractivity (Wildman–Crippen MR) is 84.6 cm³/mol. The largest absolute Gasteiger partial charge is 0.303 e. The zero-order valence-corrected chi connectivity index (χ0v) is 12.6. The van der Waals surface area contributed by atoms with E-state index in [1.165, 1.54) is 16.7 Å². The second-order valence-electron chi connectivity index (χ2n) is 5.22. The smallest absolute Gasteiger partial charge is 0.0323 e. The van der Waals surface area contributed by atoms with Crippen LogP contribution in [-0.2, 0) is 6.42 Å². The Morgan fingerprint density at radius 1 is 0.950 bits per heavy atom. The molecule has 1 aromatic heterocycles. The molecule has 1 heterocycles. The molecule has 2 heteroatoms. The van der Waals surface area contributed by atoms with Crippen LogP contribution in [0.4, 0.5) is 0 Å². The van der Waals surface area contributed by atoms with Crippen molar-refractivity contribution in [3.63, 3.8) is 0 Å². The molecule has 2 nitrogen and oxygen atoms in total. The van der Waals surface area contributed by atoms with Gasteiger partial charge in [-0.3, -0.25) is 4.98 Å². The molecule has 1 N–H and O–H groups in total. The molecule has 0 saturated carbocycles. The molecule has 1 unspecified atom stereocenters. The first-order chi connectivity index (χ1) is 9.74. The minimum absolute atomic E-state index is 0.328. The summed E-state index contributed by atoms with van der Waals surface area (Å²) in [5.41, 5.74) is 4.04. The van der Waals surface area contributed by atoms with Crippen LogP contribution in [0.2, 0.25) is 0 Å². The van der Waals surface area contributed by atoms with Gasteiger partial charge in [-0.1, -0.05) is 38.1 Å². The van der Waals surface area contributed by atoms with Crippen LogP contribution in [0.5, 0.6) is 0 Å². The van der Waals surface area contributed by atoms with Crippen LogP contribution < -0.4 is 5.32 Å². The zero-order chi connectivity index (χ0) is 14.4. The van der Waals surface area contributed by atoms with Gasteiger partial charge in [0, 0.05) is 24.5 Å². The standard InChI is InChI=1S/C18H24N2/c1-4-15-6-8-17(9-7-15)18(5-2)20-14(3)16-10-12-19-13-11-16/h6-14,18,20H,4-5H2,1-3H3/t14-,18?/m1/s1. The van der Waals surface area contributed by atoms with Crippen LogP contribution >= 0.6 is 0 Å². The van der Waals surface area contributed by atoms with E-state index < -0.39 is 0 Å². The molecule has 2 rings (SSSR count). The number of pyridine rings is 1. The molecule has 0 amide bonds. The maximum absolute atomic E-state index is 4.08. The van der Waals surface area contributed by atoms with Crippen molar-refractivity contribution >= 4 is 0 Å². The van der Waals surface area contributed by atoms with Crippen molar-refractivity contribution in [1.82, 2.24) is 10.3 Å². The minimum atomic E-state index is 0.328. The van der Waals surface area contributed by atoms with Crippen molar-refractivity contribution < 1.29 is 0 Å². The predicted octanol–water partition coefficient (Wildman–Crippen LogP) is 4.45. The molecular formula is C18H24N2. The van der Waals surface area contributed by atoms with E-state index in [0.717, 1.165) is 12.8 Å². The fraction of sp³-hybridized carbons (Fsp3) is 0.389. The number of aryl methyl sites for hydroxylation is 1. The number of nitrogens with zero attached hydrogens (tertiary/aromatic N) is 1. The SMILES string of the molecule is CCc1ccc(C(CC)N[C@H](C)c2ccncc2)cc1. The summed E-state index contributed by atoms with van der Waals surface area (Å²) >= 11 is 0. The lowest BCUT2D eigenvalue weighted by Crippen LogP contribution is -2.24. The average molecular weight is 268 g/mol. The molecule has 106 valence electrons. The van der Waals surface area contributed by atoms with Gasteiger partial charge in [0.2, 0.25) is 0 Å². The second kappa shape index (κ2) is 7.20. The summed E-state index contributed by atoms with van der Waals surface area (Å²) < 4.78 is 0. The third kappa shape index (κ3) is 3.67.